The Hall–Kier alpha value is -2.11. The fourth-order valence-electron chi connectivity index (χ4n) is 2.32. The van der Waals surface area contributed by atoms with Crippen molar-refractivity contribution in [1.29, 1.82) is 0 Å². The van der Waals surface area contributed by atoms with Crippen molar-refractivity contribution in [2.45, 2.75) is 25.0 Å². The van der Waals surface area contributed by atoms with Crippen LogP contribution in [0.1, 0.15) is 11.4 Å². The summed E-state index contributed by atoms with van der Waals surface area (Å²) in [5.74, 6) is 2.03. The number of para-hydroxylation sites is 1. The summed E-state index contributed by atoms with van der Waals surface area (Å²) < 4.78 is 5.63. The molecule has 1 N–H and O–H groups in total. The number of nitrogens with zero attached hydrogens (tertiary/aromatic N) is 2. The third-order valence-corrected chi connectivity index (χ3v) is 4.69. The lowest BCUT2D eigenvalue weighted by Crippen LogP contribution is -2.20. The highest BCUT2D eigenvalue weighted by Crippen LogP contribution is 2.25. The molecule has 1 atom stereocenters. The summed E-state index contributed by atoms with van der Waals surface area (Å²) in [4.78, 5) is 8.94. The zero-order chi connectivity index (χ0) is 16.9. The summed E-state index contributed by atoms with van der Waals surface area (Å²) in [6.07, 6.45) is -0.565. The summed E-state index contributed by atoms with van der Waals surface area (Å²) in [5.41, 5.74) is 2.11. The topological polar surface area (TPSA) is 55.2 Å². The van der Waals surface area contributed by atoms with E-state index in [4.69, 9.17) is 4.74 Å². The number of hydrogen-bond acceptors (Lipinski definition) is 5. The van der Waals surface area contributed by atoms with Crippen LogP contribution in [0.2, 0.25) is 0 Å². The number of benzene rings is 2. The summed E-state index contributed by atoms with van der Waals surface area (Å²) in [6.45, 7) is 4.18. The van der Waals surface area contributed by atoms with Crippen molar-refractivity contribution in [2.75, 3.05) is 12.4 Å². The van der Waals surface area contributed by atoms with Gasteiger partial charge in [-0.25, -0.2) is 9.97 Å². The van der Waals surface area contributed by atoms with E-state index < -0.39 is 6.10 Å². The fraction of sp³-hybridized carbons (Fsp3) is 0.263. The number of thioether (sulfide) groups is 1. The molecule has 0 fully saturated rings. The van der Waals surface area contributed by atoms with E-state index in [1.165, 1.54) is 17.3 Å². The van der Waals surface area contributed by atoms with Crippen molar-refractivity contribution < 1.29 is 9.84 Å². The quantitative estimate of drug-likeness (QED) is 0.547. The van der Waals surface area contributed by atoms with Gasteiger partial charge >= 0.3 is 0 Å². The second-order valence-electron chi connectivity index (χ2n) is 5.68. The van der Waals surface area contributed by atoms with E-state index in [2.05, 4.69) is 9.97 Å². The maximum Gasteiger partial charge on any atom is 0.127 e. The Morgan fingerprint density at radius 2 is 1.79 bits per heavy atom. The second kappa shape index (κ2) is 7.64. The molecule has 4 nitrogen and oxygen atoms in total. The van der Waals surface area contributed by atoms with Gasteiger partial charge in [0.05, 0.1) is 11.6 Å². The standard InChI is InChI=1S/C19H20N2O2S/c1-13-7-9-16(10-8-13)23-11-15(22)12-24-19-17-5-3-4-6-18(17)20-14(2)21-19/h3-10,15,22H,11-12H2,1-2H3/t15-/m1/s1. The molecular weight excluding hydrogens is 320 g/mol. The molecule has 0 aliphatic heterocycles. The van der Waals surface area contributed by atoms with Gasteiger partial charge in [-0.1, -0.05) is 35.9 Å². The third-order valence-electron chi connectivity index (χ3n) is 3.56. The minimum Gasteiger partial charge on any atom is -0.491 e. The molecule has 0 radical (unpaired) electrons. The number of aliphatic hydroxyl groups is 1. The molecule has 1 heterocycles. The Morgan fingerprint density at radius 1 is 1.04 bits per heavy atom. The van der Waals surface area contributed by atoms with Gasteiger partial charge in [0.25, 0.3) is 0 Å². The Morgan fingerprint density at radius 3 is 2.58 bits per heavy atom. The molecule has 0 spiro atoms. The van der Waals surface area contributed by atoms with Crippen LogP contribution in [0.15, 0.2) is 53.6 Å². The highest BCUT2D eigenvalue weighted by atomic mass is 32.2. The third kappa shape index (κ3) is 4.24. The van der Waals surface area contributed by atoms with Crippen molar-refractivity contribution in [2.24, 2.45) is 0 Å². The molecule has 24 heavy (non-hydrogen) atoms. The van der Waals surface area contributed by atoms with Crippen LogP contribution in [-0.4, -0.2) is 33.5 Å². The van der Waals surface area contributed by atoms with Gasteiger partial charge in [-0.3, -0.25) is 0 Å². The second-order valence-corrected chi connectivity index (χ2v) is 6.69. The van der Waals surface area contributed by atoms with Crippen molar-refractivity contribution in [3.8, 4) is 5.75 Å². The molecule has 2 aromatic carbocycles. The minimum atomic E-state index is -0.565. The summed E-state index contributed by atoms with van der Waals surface area (Å²) in [5, 5.41) is 12.1. The van der Waals surface area contributed by atoms with Gasteiger partial charge in [0.15, 0.2) is 0 Å². The first-order valence-electron chi connectivity index (χ1n) is 7.85. The van der Waals surface area contributed by atoms with Gasteiger partial charge in [0.1, 0.15) is 23.2 Å². The number of aliphatic hydroxyl groups excluding tert-OH is 1. The van der Waals surface area contributed by atoms with Crippen LogP contribution in [0.3, 0.4) is 0 Å². The zero-order valence-corrected chi connectivity index (χ0v) is 14.6. The highest BCUT2D eigenvalue weighted by molar-refractivity contribution is 7.99. The molecular formula is C19H20N2O2S. The van der Waals surface area contributed by atoms with E-state index in [-0.39, 0.29) is 6.61 Å². The van der Waals surface area contributed by atoms with Crippen LogP contribution in [0.4, 0.5) is 0 Å². The van der Waals surface area contributed by atoms with Crippen molar-refractivity contribution in [1.82, 2.24) is 9.97 Å². The Kier molecular flexibility index (Phi) is 5.33. The molecule has 3 rings (SSSR count). The normalized spacial score (nSPS) is 12.3. The van der Waals surface area contributed by atoms with E-state index in [0.717, 1.165) is 27.5 Å². The van der Waals surface area contributed by atoms with Crippen molar-refractivity contribution in [3.63, 3.8) is 0 Å². The van der Waals surface area contributed by atoms with Crippen molar-refractivity contribution >= 4 is 22.7 Å². The van der Waals surface area contributed by atoms with Gasteiger partial charge < -0.3 is 9.84 Å². The number of ether oxygens (including phenoxy) is 1. The molecule has 0 saturated heterocycles. The molecule has 0 bridgehead atoms. The molecule has 0 amide bonds. The number of rotatable bonds is 6. The summed E-state index contributed by atoms with van der Waals surface area (Å²) in [7, 11) is 0. The highest BCUT2D eigenvalue weighted by Gasteiger charge is 2.10. The molecule has 124 valence electrons. The molecule has 0 aliphatic rings. The summed E-state index contributed by atoms with van der Waals surface area (Å²) >= 11 is 1.53. The van der Waals surface area contributed by atoms with Gasteiger partial charge in [0, 0.05) is 11.1 Å². The molecule has 3 aromatic rings. The van der Waals surface area contributed by atoms with E-state index in [1.54, 1.807) is 0 Å². The van der Waals surface area contributed by atoms with Crippen LogP contribution < -0.4 is 4.74 Å². The maximum atomic E-state index is 10.2. The number of hydrogen-bond donors (Lipinski definition) is 1. The first-order valence-corrected chi connectivity index (χ1v) is 8.84. The number of aryl methyl sites for hydroxylation is 2. The predicted octanol–water partition coefficient (Wildman–Crippen LogP) is 3.78. The van der Waals surface area contributed by atoms with Gasteiger partial charge in [-0.15, -0.1) is 11.8 Å². The lowest BCUT2D eigenvalue weighted by Gasteiger charge is -2.13. The van der Waals surface area contributed by atoms with Gasteiger partial charge in [0.2, 0.25) is 0 Å². The Labute approximate surface area is 145 Å². The van der Waals surface area contributed by atoms with Crippen LogP contribution in [0, 0.1) is 13.8 Å². The lowest BCUT2D eigenvalue weighted by atomic mass is 10.2. The largest absolute Gasteiger partial charge is 0.491 e. The van der Waals surface area contributed by atoms with E-state index in [9.17, 15) is 5.11 Å². The van der Waals surface area contributed by atoms with Crippen LogP contribution >= 0.6 is 11.8 Å². The van der Waals surface area contributed by atoms with Gasteiger partial charge in [-0.05, 0) is 32.0 Å². The Balaban J connectivity index is 1.60. The SMILES string of the molecule is Cc1ccc(OC[C@@H](O)CSc2nc(C)nc3ccccc23)cc1. The molecule has 0 unspecified atom stereocenters. The molecule has 0 saturated carbocycles. The lowest BCUT2D eigenvalue weighted by molar-refractivity contribution is 0.126. The first-order chi connectivity index (χ1) is 11.6. The van der Waals surface area contributed by atoms with E-state index in [0.29, 0.717) is 5.75 Å². The van der Waals surface area contributed by atoms with Gasteiger partial charge in [-0.2, -0.15) is 0 Å². The minimum absolute atomic E-state index is 0.262. The summed E-state index contributed by atoms with van der Waals surface area (Å²) in [6, 6.07) is 15.7. The monoisotopic (exact) mass is 340 g/mol. The number of aromatic nitrogens is 2. The molecule has 0 aliphatic carbocycles. The first kappa shape index (κ1) is 16.7. The zero-order valence-electron chi connectivity index (χ0n) is 13.8. The Bertz CT molecular complexity index is 821. The average Bonchev–Trinajstić information content (AvgIpc) is 2.59. The van der Waals surface area contributed by atoms with Crippen LogP contribution in [-0.2, 0) is 0 Å². The van der Waals surface area contributed by atoms with Crippen molar-refractivity contribution in [3.05, 3.63) is 59.9 Å². The van der Waals surface area contributed by atoms with E-state index in [1.807, 2.05) is 62.4 Å². The smallest absolute Gasteiger partial charge is 0.127 e. The fourth-order valence-corrected chi connectivity index (χ4v) is 3.29. The molecule has 5 heteroatoms. The predicted molar refractivity (Wildman–Crippen MR) is 97.7 cm³/mol. The van der Waals surface area contributed by atoms with Crippen LogP contribution in [0.25, 0.3) is 10.9 Å². The average molecular weight is 340 g/mol. The molecule has 1 aromatic heterocycles. The van der Waals surface area contributed by atoms with Crippen LogP contribution in [0.5, 0.6) is 5.75 Å². The van der Waals surface area contributed by atoms with E-state index >= 15 is 0 Å². The number of fused-ring (bicyclic) bond motifs is 1. The maximum absolute atomic E-state index is 10.2.